The molecule has 0 aromatic heterocycles. The number of hydrogen-bond acceptors (Lipinski definition) is 1. The maximum absolute atomic E-state index is 11.8. The Balaban J connectivity index is 2.84. The van der Waals surface area contributed by atoms with Crippen molar-refractivity contribution in [2.24, 2.45) is 0 Å². The number of alkyl halides is 3. The third-order valence-electron chi connectivity index (χ3n) is 1.45. The van der Waals surface area contributed by atoms with Crippen LogP contribution in [-0.2, 0) is 0 Å². The molecule has 0 N–H and O–H groups in total. The molecule has 0 saturated carbocycles. The summed E-state index contributed by atoms with van der Waals surface area (Å²) < 4.78 is 39.2. The van der Waals surface area contributed by atoms with Crippen molar-refractivity contribution in [3.63, 3.8) is 0 Å². The summed E-state index contributed by atoms with van der Waals surface area (Å²) in [6.45, 7) is 1.79. The molecule has 0 heterocycles. The molecule has 76 valence electrons. The van der Waals surface area contributed by atoms with Crippen LogP contribution in [-0.4, -0.2) is 6.36 Å². The van der Waals surface area contributed by atoms with E-state index in [1.54, 1.807) is 25.1 Å². The lowest BCUT2D eigenvalue weighted by Gasteiger charge is -2.08. The van der Waals surface area contributed by atoms with Crippen LogP contribution in [0.25, 0.3) is 6.08 Å². The Morgan fingerprint density at radius 2 is 2.00 bits per heavy atom. The monoisotopic (exact) mass is 202 g/mol. The highest BCUT2D eigenvalue weighted by molar-refractivity contribution is 5.51. The third kappa shape index (κ3) is 3.51. The highest BCUT2D eigenvalue weighted by Crippen LogP contribution is 2.23. The van der Waals surface area contributed by atoms with Gasteiger partial charge < -0.3 is 4.74 Å². The molecule has 0 bridgehead atoms. The van der Waals surface area contributed by atoms with Crippen molar-refractivity contribution in [2.75, 3.05) is 0 Å². The molecule has 1 nitrogen and oxygen atoms in total. The number of allylic oxidation sites excluding steroid dienone is 1. The number of benzene rings is 1. The Hall–Kier alpha value is -1.45. The van der Waals surface area contributed by atoms with Gasteiger partial charge in [-0.1, -0.05) is 24.3 Å². The molecule has 1 aromatic rings. The molecular weight excluding hydrogens is 193 g/mol. The first-order valence-electron chi connectivity index (χ1n) is 4.00. The fraction of sp³-hybridized carbons (Fsp3) is 0.200. The van der Waals surface area contributed by atoms with Gasteiger partial charge in [-0.25, -0.2) is 0 Å². The second-order valence-electron chi connectivity index (χ2n) is 2.62. The van der Waals surface area contributed by atoms with Gasteiger partial charge in [-0.05, 0) is 24.6 Å². The molecule has 0 spiro atoms. The van der Waals surface area contributed by atoms with Crippen molar-refractivity contribution in [3.8, 4) is 5.75 Å². The summed E-state index contributed by atoms with van der Waals surface area (Å²) in [7, 11) is 0. The van der Waals surface area contributed by atoms with E-state index in [4.69, 9.17) is 0 Å². The van der Waals surface area contributed by atoms with Crippen LogP contribution in [0.2, 0.25) is 0 Å². The van der Waals surface area contributed by atoms with E-state index in [0.717, 1.165) is 0 Å². The molecule has 0 fully saturated rings. The van der Waals surface area contributed by atoms with E-state index in [0.29, 0.717) is 5.56 Å². The summed E-state index contributed by atoms with van der Waals surface area (Å²) in [5.74, 6) is -0.201. The lowest BCUT2D eigenvalue weighted by atomic mass is 10.2. The van der Waals surface area contributed by atoms with Crippen molar-refractivity contribution >= 4 is 6.08 Å². The fourth-order valence-corrected chi connectivity index (χ4v) is 1.01. The third-order valence-corrected chi connectivity index (χ3v) is 1.45. The lowest BCUT2D eigenvalue weighted by molar-refractivity contribution is -0.274. The minimum atomic E-state index is -4.63. The Bertz CT molecular complexity index is 328. The van der Waals surface area contributed by atoms with E-state index in [2.05, 4.69) is 4.74 Å². The highest BCUT2D eigenvalue weighted by Gasteiger charge is 2.30. The Morgan fingerprint density at radius 3 is 2.57 bits per heavy atom. The van der Waals surface area contributed by atoms with Crippen LogP contribution in [0.3, 0.4) is 0 Å². The second kappa shape index (κ2) is 4.17. The van der Waals surface area contributed by atoms with Gasteiger partial charge in [0.15, 0.2) is 0 Å². The molecule has 0 atom stereocenters. The molecule has 0 saturated heterocycles. The van der Waals surface area contributed by atoms with E-state index >= 15 is 0 Å². The van der Waals surface area contributed by atoms with Crippen molar-refractivity contribution in [1.29, 1.82) is 0 Å². The Kier molecular flexibility index (Phi) is 3.17. The molecule has 0 amide bonds. The molecule has 1 aromatic carbocycles. The van der Waals surface area contributed by atoms with Crippen LogP contribution in [0.1, 0.15) is 12.5 Å². The molecule has 0 aliphatic rings. The topological polar surface area (TPSA) is 9.23 Å². The second-order valence-corrected chi connectivity index (χ2v) is 2.62. The van der Waals surface area contributed by atoms with Crippen molar-refractivity contribution < 1.29 is 17.9 Å². The van der Waals surface area contributed by atoms with E-state index in [-0.39, 0.29) is 5.75 Å². The Morgan fingerprint density at radius 1 is 1.29 bits per heavy atom. The molecule has 1 rings (SSSR count). The van der Waals surface area contributed by atoms with Crippen LogP contribution in [0.5, 0.6) is 5.75 Å². The van der Waals surface area contributed by atoms with Crippen LogP contribution >= 0.6 is 0 Å². The summed E-state index contributed by atoms with van der Waals surface area (Å²) in [6.07, 6.45) is -1.19. The van der Waals surface area contributed by atoms with Crippen molar-refractivity contribution in [1.82, 2.24) is 0 Å². The maximum Gasteiger partial charge on any atom is 0.573 e. The van der Waals surface area contributed by atoms with Gasteiger partial charge in [0.2, 0.25) is 0 Å². The van der Waals surface area contributed by atoms with Crippen molar-refractivity contribution in [2.45, 2.75) is 13.3 Å². The average molecular weight is 202 g/mol. The van der Waals surface area contributed by atoms with Gasteiger partial charge in [0, 0.05) is 0 Å². The standard InChI is InChI=1S/C10H9F3O/c1-2-4-8-5-3-6-9(7-8)14-10(11,12)13/h2-7H,1H3/b4-2-. The SMILES string of the molecule is C/C=C\c1cccc(OC(F)(F)F)c1. The van der Waals surface area contributed by atoms with E-state index in [1.807, 2.05) is 0 Å². The quantitative estimate of drug-likeness (QED) is 0.711. The molecule has 14 heavy (non-hydrogen) atoms. The highest BCUT2D eigenvalue weighted by atomic mass is 19.4. The summed E-state index contributed by atoms with van der Waals surface area (Å²) in [6, 6.07) is 5.80. The molecule has 0 unspecified atom stereocenters. The smallest absolute Gasteiger partial charge is 0.406 e. The lowest BCUT2D eigenvalue weighted by Crippen LogP contribution is -2.17. The summed E-state index contributed by atoms with van der Waals surface area (Å²) in [5, 5.41) is 0. The fourth-order valence-electron chi connectivity index (χ4n) is 1.01. The van der Waals surface area contributed by atoms with Crippen molar-refractivity contribution in [3.05, 3.63) is 35.9 Å². The minimum Gasteiger partial charge on any atom is -0.406 e. The summed E-state index contributed by atoms with van der Waals surface area (Å²) in [5.41, 5.74) is 0.675. The molecule has 0 aliphatic heterocycles. The Labute approximate surface area is 79.8 Å². The maximum atomic E-state index is 11.8. The molecule has 0 aliphatic carbocycles. The van der Waals surface area contributed by atoms with Crippen LogP contribution in [0.15, 0.2) is 30.3 Å². The summed E-state index contributed by atoms with van der Waals surface area (Å²) in [4.78, 5) is 0. The molecule has 0 radical (unpaired) electrons. The van der Waals surface area contributed by atoms with Crippen LogP contribution in [0, 0.1) is 0 Å². The van der Waals surface area contributed by atoms with Crippen LogP contribution < -0.4 is 4.74 Å². The molecule has 4 heteroatoms. The van der Waals surface area contributed by atoms with Gasteiger partial charge >= 0.3 is 6.36 Å². The van der Waals surface area contributed by atoms with Gasteiger partial charge in [0.05, 0.1) is 0 Å². The number of halogens is 3. The predicted octanol–water partition coefficient (Wildman–Crippen LogP) is 3.62. The molecular formula is C10H9F3O. The zero-order valence-corrected chi connectivity index (χ0v) is 7.51. The number of rotatable bonds is 2. The van der Waals surface area contributed by atoms with Gasteiger partial charge in [0.1, 0.15) is 5.75 Å². The van der Waals surface area contributed by atoms with Gasteiger partial charge in [0.25, 0.3) is 0 Å². The van der Waals surface area contributed by atoms with E-state index < -0.39 is 6.36 Å². The van der Waals surface area contributed by atoms with E-state index in [1.165, 1.54) is 18.2 Å². The van der Waals surface area contributed by atoms with Crippen LogP contribution in [0.4, 0.5) is 13.2 Å². The zero-order chi connectivity index (χ0) is 10.6. The number of hydrogen-bond donors (Lipinski definition) is 0. The first kappa shape index (κ1) is 10.6. The van der Waals surface area contributed by atoms with Gasteiger partial charge in [-0.3, -0.25) is 0 Å². The van der Waals surface area contributed by atoms with Gasteiger partial charge in [-0.15, -0.1) is 13.2 Å². The first-order chi connectivity index (χ1) is 6.51. The zero-order valence-electron chi connectivity index (χ0n) is 7.51. The summed E-state index contributed by atoms with van der Waals surface area (Å²) >= 11 is 0. The first-order valence-corrected chi connectivity index (χ1v) is 4.00. The average Bonchev–Trinajstić information content (AvgIpc) is 2.02. The largest absolute Gasteiger partial charge is 0.573 e. The predicted molar refractivity (Wildman–Crippen MR) is 47.8 cm³/mol. The number of ether oxygens (including phenoxy) is 1. The van der Waals surface area contributed by atoms with Gasteiger partial charge in [-0.2, -0.15) is 0 Å². The minimum absolute atomic E-state index is 0.201. The normalized spacial score (nSPS) is 12.0. The van der Waals surface area contributed by atoms with E-state index in [9.17, 15) is 13.2 Å².